The number of rotatable bonds is 1. The molecule has 0 saturated heterocycles. The highest BCUT2D eigenvalue weighted by Crippen LogP contribution is 2.23. The first-order chi connectivity index (χ1) is 6.91. The molecule has 1 aromatic rings. The molecule has 1 rings (SSSR count). The monoisotopic (exact) mass is 221 g/mol. The van der Waals surface area contributed by atoms with Gasteiger partial charge in [0, 0.05) is 12.6 Å². The van der Waals surface area contributed by atoms with Crippen molar-refractivity contribution >= 4 is 5.91 Å². The van der Waals surface area contributed by atoms with Crippen molar-refractivity contribution < 1.29 is 22.4 Å². The van der Waals surface area contributed by atoms with E-state index in [9.17, 15) is 22.4 Å². The minimum atomic E-state index is -1.69. The van der Waals surface area contributed by atoms with Gasteiger partial charge in [0.15, 0.2) is 23.3 Å². The largest absolute Gasteiger partial charge is 0.355 e. The van der Waals surface area contributed by atoms with Gasteiger partial charge in [-0.05, 0) is 6.92 Å². The number of carbonyl (C=O) groups is 1. The van der Waals surface area contributed by atoms with Crippen LogP contribution in [0.3, 0.4) is 0 Å². The molecular weight excluding hydrogens is 214 g/mol. The molecule has 1 amide bonds. The average molecular weight is 221 g/mol. The number of hydrogen-bond donors (Lipinski definition) is 1. The van der Waals surface area contributed by atoms with E-state index < -0.39 is 40.3 Å². The van der Waals surface area contributed by atoms with Gasteiger partial charge in [0.1, 0.15) is 5.56 Å². The van der Waals surface area contributed by atoms with Gasteiger partial charge in [0.25, 0.3) is 5.91 Å². The van der Waals surface area contributed by atoms with E-state index in [2.05, 4.69) is 0 Å². The van der Waals surface area contributed by atoms with Gasteiger partial charge in [0.2, 0.25) is 0 Å². The lowest BCUT2D eigenvalue weighted by Crippen LogP contribution is -2.23. The number of halogens is 4. The van der Waals surface area contributed by atoms with Gasteiger partial charge in [-0.1, -0.05) is 0 Å². The summed E-state index contributed by atoms with van der Waals surface area (Å²) in [4.78, 5) is 10.9. The van der Waals surface area contributed by atoms with E-state index in [4.69, 9.17) is 0 Å². The first-order valence-electron chi connectivity index (χ1n) is 3.96. The van der Waals surface area contributed by atoms with E-state index in [0.29, 0.717) is 0 Å². The molecule has 0 bridgehead atoms. The van der Waals surface area contributed by atoms with Crippen molar-refractivity contribution in [3.63, 3.8) is 0 Å². The van der Waals surface area contributed by atoms with Crippen LogP contribution in [0.2, 0.25) is 0 Å². The number of nitrogens with one attached hydrogen (secondary N) is 1. The number of benzene rings is 1. The van der Waals surface area contributed by atoms with Crippen molar-refractivity contribution in [2.75, 3.05) is 7.05 Å². The Hall–Kier alpha value is -1.59. The quantitative estimate of drug-likeness (QED) is 0.569. The van der Waals surface area contributed by atoms with Gasteiger partial charge in [-0.3, -0.25) is 4.79 Å². The maximum absolute atomic E-state index is 13.1. The third-order valence-electron chi connectivity index (χ3n) is 1.94. The number of hydrogen-bond acceptors (Lipinski definition) is 1. The lowest BCUT2D eigenvalue weighted by molar-refractivity contribution is 0.0952. The van der Waals surface area contributed by atoms with Crippen molar-refractivity contribution in [2.24, 2.45) is 0 Å². The smallest absolute Gasteiger partial charge is 0.257 e. The zero-order valence-electron chi connectivity index (χ0n) is 7.92. The fraction of sp³-hybridized carbons (Fsp3) is 0.222. The third kappa shape index (κ3) is 1.67. The van der Waals surface area contributed by atoms with E-state index in [-0.39, 0.29) is 0 Å². The maximum Gasteiger partial charge on any atom is 0.257 e. The van der Waals surface area contributed by atoms with Crippen molar-refractivity contribution in [2.45, 2.75) is 6.92 Å². The first-order valence-corrected chi connectivity index (χ1v) is 3.96. The van der Waals surface area contributed by atoms with Crippen LogP contribution in [0.5, 0.6) is 0 Å². The highest BCUT2D eigenvalue weighted by molar-refractivity contribution is 5.94. The Labute approximate surface area is 82.9 Å². The van der Waals surface area contributed by atoms with Crippen LogP contribution in [0.15, 0.2) is 0 Å². The lowest BCUT2D eigenvalue weighted by atomic mass is 10.1. The molecule has 1 N–H and O–H groups in total. The minimum Gasteiger partial charge on any atom is -0.355 e. The Morgan fingerprint density at radius 1 is 1.00 bits per heavy atom. The van der Waals surface area contributed by atoms with Crippen LogP contribution in [0.1, 0.15) is 15.9 Å². The topological polar surface area (TPSA) is 29.1 Å². The van der Waals surface area contributed by atoms with E-state index in [1.54, 1.807) is 0 Å². The summed E-state index contributed by atoms with van der Waals surface area (Å²) in [5.41, 5.74) is -2.05. The maximum atomic E-state index is 13.1. The second-order valence-corrected chi connectivity index (χ2v) is 2.84. The second kappa shape index (κ2) is 3.88. The summed E-state index contributed by atoms with van der Waals surface area (Å²) in [6, 6.07) is 0. The molecule has 0 atom stereocenters. The summed E-state index contributed by atoms with van der Waals surface area (Å²) >= 11 is 0. The van der Waals surface area contributed by atoms with E-state index in [0.717, 1.165) is 14.0 Å². The molecule has 2 nitrogen and oxygen atoms in total. The predicted molar refractivity (Wildman–Crippen MR) is 44.4 cm³/mol. The summed E-state index contributed by atoms with van der Waals surface area (Å²) in [5.74, 6) is -7.72. The zero-order chi connectivity index (χ0) is 11.7. The van der Waals surface area contributed by atoms with Crippen LogP contribution in [-0.4, -0.2) is 13.0 Å². The van der Waals surface area contributed by atoms with Crippen LogP contribution >= 0.6 is 0 Å². The van der Waals surface area contributed by atoms with Gasteiger partial charge in [-0.15, -0.1) is 0 Å². The van der Waals surface area contributed by atoms with Gasteiger partial charge >= 0.3 is 0 Å². The van der Waals surface area contributed by atoms with Crippen LogP contribution in [0, 0.1) is 30.2 Å². The van der Waals surface area contributed by atoms with Crippen molar-refractivity contribution in [3.05, 3.63) is 34.4 Å². The molecule has 0 fully saturated rings. The molecule has 82 valence electrons. The Morgan fingerprint density at radius 2 is 1.40 bits per heavy atom. The van der Waals surface area contributed by atoms with E-state index in [1.807, 2.05) is 5.32 Å². The fourth-order valence-electron chi connectivity index (χ4n) is 1.07. The lowest BCUT2D eigenvalue weighted by Gasteiger charge is -2.07. The summed E-state index contributed by atoms with van der Waals surface area (Å²) in [6.07, 6.45) is 0. The molecule has 0 aliphatic rings. The van der Waals surface area contributed by atoms with E-state index in [1.165, 1.54) is 0 Å². The molecule has 0 radical (unpaired) electrons. The summed E-state index contributed by atoms with van der Waals surface area (Å²) < 4.78 is 52.1. The molecule has 15 heavy (non-hydrogen) atoms. The van der Waals surface area contributed by atoms with Crippen LogP contribution in [0.25, 0.3) is 0 Å². The molecule has 0 saturated carbocycles. The standard InChI is InChI=1S/C9H7F4NO/c1-3-5(10)7(12)4(9(15)14-2)8(13)6(3)11/h1-2H3,(H,14,15). The molecule has 1 aromatic carbocycles. The molecule has 0 aromatic heterocycles. The third-order valence-corrected chi connectivity index (χ3v) is 1.94. The fourth-order valence-corrected chi connectivity index (χ4v) is 1.07. The highest BCUT2D eigenvalue weighted by Gasteiger charge is 2.26. The molecule has 0 aliphatic heterocycles. The average Bonchev–Trinajstić information content (AvgIpc) is 2.23. The van der Waals surface area contributed by atoms with Crippen molar-refractivity contribution in [3.8, 4) is 0 Å². The number of amides is 1. The molecule has 0 unspecified atom stereocenters. The molecule has 0 aliphatic carbocycles. The minimum absolute atomic E-state index is 0.794. The zero-order valence-corrected chi connectivity index (χ0v) is 7.92. The Morgan fingerprint density at radius 3 is 1.73 bits per heavy atom. The number of carbonyl (C=O) groups excluding carboxylic acids is 1. The SMILES string of the molecule is CNC(=O)c1c(F)c(F)c(C)c(F)c1F. The molecular formula is C9H7F4NO. The van der Waals surface area contributed by atoms with Crippen molar-refractivity contribution in [1.82, 2.24) is 5.32 Å². The Kier molecular flexibility index (Phi) is 2.97. The van der Waals surface area contributed by atoms with Gasteiger partial charge in [-0.25, -0.2) is 17.6 Å². The first kappa shape index (κ1) is 11.5. The highest BCUT2D eigenvalue weighted by atomic mass is 19.2. The van der Waals surface area contributed by atoms with Gasteiger partial charge in [0.05, 0.1) is 0 Å². The normalized spacial score (nSPS) is 10.3. The predicted octanol–water partition coefficient (Wildman–Crippen LogP) is 1.91. The Balaban J connectivity index is 3.60. The molecule has 0 heterocycles. The van der Waals surface area contributed by atoms with Crippen molar-refractivity contribution in [1.29, 1.82) is 0 Å². The van der Waals surface area contributed by atoms with Gasteiger partial charge in [-0.2, -0.15) is 0 Å². The van der Waals surface area contributed by atoms with E-state index >= 15 is 0 Å². The Bertz CT molecular complexity index is 402. The summed E-state index contributed by atoms with van der Waals surface area (Å²) in [7, 11) is 1.09. The van der Waals surface area contributed by atoms with Crippen LogP contribution < -0.4 is 5.32 Å². The summed E-state index contributed by atoms with van der Waals surface area (Å²) in [5, 5.41) is 1.88. The van der Waals surface area contributed by atoms with Gasteiger partial charge < -0.3 is 5.32 Å². The molecule has 6 heteroatoms. The van der Waals surface area contributed by atoms with Crippen LogP contribution in [-0.2, 0) is 0 Å². The second-order valence-electron chi connectivity index (χ2n) is 2.84. The molecule has 0 spiro atoms. The van der Waals surface area contributed by atoms with Crippen LogP contribution in [0.4, 0.5) is 17.6 Å². The summed E-state index contributed by atoms with van der Waals surface area (Å²) in [6.45, 7) is 0.879.